The molecule has 1 atom stereocenters. The molecular formula is C14H19NO4. The van der Waals surface area contributed by atoms with E-state index < -0.39 is 0 Å². The second-order valence-corrected chi connectivity index (χ2v) is 4.82. The molecule has 5 heteroatoms. The van der Waals surface area contributed by atoms with Gasteiger partial charge in [-0.1, -0.05) is 0 Å². The number of hydrogen-bond donors (Lipinski definition) is 0. The van der Waals surface area contributed by atoms with Crippen molar-refractivity contribution in [3.8, 4) is 0 Å². The third-order valence-corrected chi connectivity index (χ3v) is 3.61. The van der Waals surface area contributed by atoms with Gasteiger partial charge >= 0.3 is 5.97 Å². The van der Waals surface area contributed by atoms with Gasteiger partial charge in [-0.3, -0.25) is 9.59 Å². The van der Waals surface area contributed by atoms with Gasteiger partial charge in [-0.05, 0) is 32.3 Å². The molecule has 0 aliphatic carbocycles. The zero-order chi connectivity index (χ0) is 13.8. The minimum atomic E-state index is -0.270. The van der Waals surface area contributed by atoms with Crippen LogP contribution in [0.25, 0.3) is 0 Å². The van der Waals surface area contributed by atoms with Crippen molar-refractivity contribution in [3.05, 3.63) is 23.7 Å². The van der Waals surface area contributed by atoms with Gasteiger partial charge in [0.2, 0.25) is 0 Å². The molecule has 0 saturated carbocycles. The largest absolute Gasteiger partial charge is 0.469 e. The number of likely N-dealkylation sites (tertiary alicyclic amines) is 1. The van der Waals surface area contributed by atoms with Crippen molar-refractivity contribution in [2.75, 3.05) is 13.7 Å². The summed E-state index contributed by atoms with van der Waals surface area (Å²) in [6, 6.07) is 1.62. The topological polar surface area (TPSA) is 59.8 Å². The highest BCUT2D eigenvalue weighted by atomic mass is 16.5. The first kappa shape index (κ1) is 13.6. The van der Waals surface area contributed by atoms with Crippen LogP contribution in [0.3, 0.4) is 0 Å². The first-order valence-corrected chi connectivity index (χ1v) is 6.55. The van der Waals surface area contributed by atoms with E-state index in [9.17, 15) is 9.59 Å². The molecule has 2 heterocycles. The number of hydrogen-bond acceptors (Lipinski definition) is 4. The number of amides is 1. The molecule has 1 aliphatic heterocycles. The maximum atomic E-state index is 12.5. The summed E-state index contributed by atoms with van der Waals surface area (Å²) in [4.78, 5) is 25.7. The lowest BCUT2D eigenvalue weighted by atomic mass is 9.98. The van der Waals surface area contributed by atoms with Gasteiger partial charge in [-0.15, -0.1) is 0 Å². The van der Waals surface area contributed by atoms with E-state index in [-0.39, 0.29) is 24.3 Å². The Bertz CT molecular complexity index is 466. The predicted octanol–water partition coefficient (Wildman–Crippen LogP) is 2.15. The molecule has 104 valence electrons. The highest BCUT2D eigenvalue weighted by Gasteiger charge is 2.30. The van der Waals surface area contributed by atoms with Crippen LogP contribution in [0.5, 0.6) is 0 Å². The van der Waals surface area contributed by atoms with Crippen molar-refractivity contribution in [1.29, 1.82) is 0 Å². The van der Waals surface area contributed by atoms with E-state index in [1.54, 1.807) is 17.9 Å². The Morgan fingerprint density at radius 3 is 2.89 bits per heavy atom. The molecule has 0 spiro atoms. The van der Waals surface area contributed by atoms with Crippen molar-refractivity contribution in [2.45, 2.75) is 38.6 Å². The average molecular weight is 265 g/mol. The van der Waals surface area contributed by atoms with Crippen LogP contribution in [0.4, 0.5) is 0 Å². The summed E-state index contributed by atoms with van der Waals surface area (Å²) in [5.74, 6) is 0.292. The molecule has 0 N–H and O–H groups in total. The fraction of sp³-hybridized carbons (Fsp3) is 0.571. The molecule has 0 aromatic carbocycles. The molecule has 1 saturated heterocycles. The summed E-state index contributed by atoms with van der Waals surface area (Å²) in [5, 5.41) is 0. The lowest BCUT2D eigenvalue weighted by molar-refractivity contribution is -0.142. The molecule has 1 aliphatic rings. The minimum absolute atomic E-state index is 0.0557. The van der Waals surface area contributed by atoms with Crippen LogP contribution in [-0.4, -0.2) is 36.5 Å². The Morgan fingerprint density at radius 1 is 1.47 bits per heavy atom. The molecule has 19 heavy (non-hydrogen) atoms. The molecule has 2 rings (SSSR count). The van der Waals surface area contributed by atoms with Crippen molar-refractivity contribution in [2.24, 2.45) is 0 Å². The Labute approximate surface area is 112 Å². The highest BCUT2D eigenvalue weighted by molar-refractivity contribution is 5.95. The summed E-state index contributed by atoms with van der Waals surface area (Å²) in [6.07, 6.45) is 4.63. The van der Waals surface area contributed by atoms with Crippen molar-refractivity contribution in [3.63, 3.8) is 0 Å². The third-order valence-electron chi connectivity index (χ3n) is 3.61. The second-order valence-electron chi connectivity index (χ2n) is 4.82. The van der Waals surface area contributed by atoms with Gasteiger partial charge in [0, 0.05) is 12.6 Å². The molecule has 1 aromatic heterocycles. The number of rotatable bonds is 3. The van der Waals surface area contributed by atoms with Crippen LogP contribution < -0.4 is 0 Å². The number of ether oxygens (including phenoxy) is 1. The third kappa shape index (κ3) is 2.97. The smallest absolute Gasteiger partial charge is 0.307 e. The lowest BCUT2D eigenvalue weighted by Crippen LogP contribution is -2.45. The lowest BCUT2D eigenvalue weighted by Gasteiger charge is -2.35. The molecular weight excluding hydrogens is 246 g/mol. The molecule has 1 unspecified atom stereocenters. The molecule has 1 aromatic rings. The first-order chi connectivity index (χ1) is 9.13. The van der Waals surface area contributed by atoms with E-state index in [1.807, 2.05) is 0 Å². The summed E-state index contributed by atoms with van der Waals surface area (Å²) >= 11 is 0. The number of carbonyl (C=O) groups excluding carboxylic acids is 2. The van der Waals surface area contributed by atoms with Gasteiger partial charge in [0.25, 0.3) is 5.91 Å². The van der Waals surface area contributed by atoms with Crippen LogP contribution in [-0.2, 0) is 9.53 Å². The van der Waals surface area contributed by atoms with Gasteiger partial charge in [0.1, 0.15) is 5.76 Å². The number of aryl methyl sites for hydroxylation is 1. The van der Waals surface area contributed by atoms with Crippen molar-refractivity contribution >= 4 is 11.9 Å². The zero-order valence-corrected chi connectivity index (χ0v) is 11.3. The second kappa shape index (κ2) is 5.91. The zero-order valence-electron chi connectivity index (χ0n) is 11.3. The van der Waals surface area contributed by atoms with Gasteiger partial charge in [0.05, 0.1) is 25.4 Å². The fourth-order valence-corrected chi connectivity index (χ4v) is 2.52. The van der Waals surface area contributed by atoms with Crippen LogP contribution in [0.1, 0.15) is 41.8 Å². The minimum Gasteiger partial charge on any atom is -0.469 e. The maximum Gasteiger partial charge on any atom is 0.307 e. The monoisotopic (exact) mass is 265 g/mol. The Hall–Kier alpha value is -1.78. The number of piperidine rings is 1. The Balaban J connectivity index is 2.13. The van der Waals surface area contributed by atoms with Crippen LogP contribution in [0.2, 0.25) is 0 Å². The highest BCUT2D eigenvalue weighted by Crippen LogP contribution is 2.23. The number of furan rings is 1. The van der Waals surface area contributed by atoms with E-state index in [2.05, 4.69) is 0 Å². The number of nitrogens with zero attached hydrogens (tertiary/aromatic N) is 1. The standard InChI is InChI=1S/C14H19NO4/c1-10-12(6-8-19-10)14(17)15-7-4-3-5-11(15)9-13(16)18-2/h6,8,11H,3-5,7,9H2,1-2H3. The number of esters is 1. The van der Waals surface area contributed by atoms with Crippen molar-refractivity contribution < 1.29 is 18.7 Å². The fourth-order valence-electron chi connectivity index (χ4n) is 2.52. The Morgan fingerprint density at radius 2 is 2.26 bits per heavy atom. The maximum absolute atomic E-state index is 12.5. The summed E-state index contributed by atoms with van der Waals surface area (Å²) in [6.45, 7) is 2.46. The number of methoxy groups -OCH3 is 1. The van der Waals surface area contributed by atoms with E-state index in [1.165, 1.54) is 13.4 Å². The van der Waals surface area contributed by atoms with Crippen molar-refractivity contribution in [1.82, 2.24) is 4.90 Å². The van der Waals surface area contributed by atoms with E-state index in [4.69, 9.17) is 9.15 Å². The van der Waals surface area contributed by atoms with Gasteiger partial charge in [0.15, 0.2) is 0 Å². The van der Waals surface area contributed by atoms with Crippen LogP contribution in [0, 0.1) is 6.92 Å². The van der Waals surface area contributed by atoms with Gasteiger partial charge in [-0.25, -0.2) is 0 Å². The molecule has 0 bridgehead atoms. The average Bonchev–Trinajstić information content (AvgIpc) is 2.84. The Kier molecular flexibility index (Phi) is 4.24. The van der Waals surface area contributed by atoms with E-state index >= 15 is 0 Å². The normalized spacial score (nSPS) is 19.3. The summed E-state index contributed by atoms with van der Waals surface area (Å²) in [5.41, 5.74) is 0.580. The summed E-state index contributed by atoms with van der Waals surface area (Å²) < 4.78 is 9.87. The van der Waals surface area contributed by atoms with E-state index in [0.717, 1.165) is 19.3 Å². The number of carbonyl (C=O) groups is 2. The molecule has 1 amide bonds. The SMILES string of the molecule is COC(=O)CC1CCCCN1C(=O)c1ccoc1C. The quantitative estimate of drug-likeness (QED) is 0.786. The summed E-state index contributed by atoms with van der Waals surface area (Å²) in [7, 11) is 1.37. The van der Waals surface area contributed by atoms with E-state index in [0.29, 0.717) is 17.9 Å². The van der Waals surface area contributed by atoms with Crippen LogP contribution in [0.15, 0.2) is 16.7 Å². The predicted molar refractivity (Wildman–Crippen MR) is 68.8 cm³/mol. The molecule has 0 radical (unpaired) electrons. The molecule has 5 nitrogen and oxygen atoms in total. The van der Waals surface area contributed by atoms with Crippen LogP contribution >= 0.6 is 0 Å². The first-order valence-electron chi connectivity index (χ1n) is 6.55. The van der Waals surface area contributed by atoms with Gasteiger partial charge in [-0.2, -0.15) is 0 Å². The molecule has 1 fully saturated rings. The van der Waals surface area contributed by atoms with Gasteiger partial charge < -0.3 is 14.1 Å².